The van der Waals surface area contributed by atoms with Gasteiger partial charge in [-0.25, -0.2) is 0 Å². The van der Waals surface area contributed by atoms with E-state index < -0.39 is 4.92 Å². The van der Waals surface area contributed by atoms with Crippen molar-refractivity contribution in [2.75, 3.05) is 45.6 Å². The van der Waals surface area contributed by atoms with E-state index in [1.165, 1.54) is 12.1 Å². The van der Waals surface area contributed by atoms with Crippen molar-refractivity contribution in [3.8, 4) is 0 Å². The second kappa shape index (κ2) is 14.2. The zero-order chi connectivity index (χ0) is 22.6. The van der Waals surface area contributed by atoms with Gasteiger partial charge in [0.1, 0.15) is 0 Å². The maximum atomic E-state index is 12.1. The summed E-state index contributed by atoms with van der Waals surface area (Å²) in [7, 11) is 3.48. The number of amides is 1. The quantitative estimate of drug-likeness (QED) is 0.104. The Labute approximate surface area is 205 Å². The Morgan fingerprint density at radius 3 is 2.44 bits per heavy atom. The molecule has 0 atom stereocenters. The van der Waals surface area contributed by atoms with Gasteiger partial charge in [-0.15, -0.1) is 24.0 Å². The zero-order valence-corrected chi connectivity index (χ0v) is 21.0. The van der Waals surface area contributed by atoms with Gasteiger partial charge in [0, 0.05) is 63.7 Å². The molecule has 0 spiro atoms. The minimum Gasteiger partial charge on any atom is -0.383 e. The molecule has 0 bridgehead atoms. The third-order valence-corrected chi connectivity index (χ3v) is 4.42. The number of nitrogens with one attached hydrogen (secondary N) is 3. The largest absolute Gasteiger partial charge is 0.383 e. The van der Waals surface area contributed by atoms with Crippen molar-refractivity contribution in [1.29, 1.82) is 0 Å². The monoisotopic (exact) mass is 554 g/mol. The van der Waals surface area contributed by atoms with Gasteiger partial charge in [-0.1, -0.05) is 12.1 Å². The summed E-state index contributed by atoms with van der Waals surface area (Å²) >= 11 is 0. The van der Waals surface area contributed by atoms with Gasteiger partial charge in [-0.05, 0) is 43.2 Å². The van der Waals surface area contributed by atoms with Crippen LogP contribution in [0, 0.1) is 10.1 Å². The first-order valence-electron chi connectivity index (χ1n) is 10.2. The third kappa shape index (κ3) is 9.08. The van der Waals surface area contributed by atoms with Crippen molar-refractivity contribution in [3.05, 3.63) is 69.8 Å². The first kappa shape index (κ1) is 27.1. The second-order valence-electron chi connectivity index (χ2n) is 7.07. The van der Waals surface area contributed by atoms with Gasteiger partial charge in [-0.2, -0.15) is 0 Å². The van der Waals surface area contributed by atoms with E-state index in [1.807, 2.05) is 31.2 Å². The van der Waals surface area contributed by atoms with Gasteiger partial charge in [0.2, 0.25) is 0 Å². The number of nitrogens with zero attached hydrogens (tertiary/aromatic N) is 3. The van der Waals surface area contributed by atoms with Crippen LogP contribution in [0.2, 0.25) is 0 Å². The van der Waals surface area contributed by atoms with Crippen molar-refractivity contribution < 1.29 is 9.72 Å². The SMILES string of the molecule is CCNC(=NCCc1cccc(C(=O)N(C)C)c1)NCCNc1ccc([N+](=O)[O-])cc1.I. The number of benzene rings is 2. The van der Waals surface area contributed by atoms with Crippen molar-refractivity contribution in [2.24, 2.45) is 4.99 Å². The van der Waals surface area contributed by atoms with E-state index >= 15 is 0 Å². The Hall–Kier alpha value is -2.89. The molecule has 0 radical (unpaired) electrons. The fourth-order valence-electron chi connectivity index (χ4n) is 2.85. The third-order valence-electron chi connectivity index (χ3n) is 4.42. The summed E-state index contributed by atoms with van der Waals surface area (Å²) in [6, 6.07) is 13.9. The number of hydrogen-bond donors (Lipinski definition) is 3. The Morgan fingerprint density at radius 1 is 1.09 bits per heavy atom. The Kier molecular flexibility index (Phi) is 12.1. The summed E-state index contributed by atoms with van der Waals surface area (Å²) in [5.74, 6) is 0.703. The molecule has 174 valence electrons. The molecule has 1 amide bonds. The molecular formula is C22H31IN6O3. The molecule has 0 saturated carbocycles. The number of halogens is 1. The maximum Gasteiger partial charge on any atom is 0.269 e. The number of non-ortho nitro benzene ring substituents is 1. The van der Waals surface area contributed by atoms with Gasteiger partial charge < -0.3 is 20.9 Å². The highest BCUT2D eigenvalue weighted by molar-refractivity contribution is 14.0. The van der Waals surface area contributed by atoms with Crippen LogP contribution in [0.25, 0.3) is 0 Å². The Balaban J connectivity index is 0.00000512. The molecule has 0 saturated heterocycles. The highest BCUT2D eigenvalue weighted by Gasteiger charge is 2.08. The number of rotatable bonds is 10. The number of anilines is 1. The molecule has 0 aromatic heterocycles. The molecule has 0 aliphatic heterocycles. The average molecular weight is 554 g/mol. The molecule has 0 heterocycles. The molecule has 10 heteroatoms. The standard InChI is InChI=1S/C22H30N6O3.HI/c1-4-23-22(26-15-14-24-19-8-10-20(11-9-19)28(30)31)25-13-12-17-6-5-7-18(16-17)21(29)27(2)3;/h5-11,16,24H,4,12-15H2,1-3H3,(H2,23,25,26);1H. The molecule has 32 heavy (non-hydrogen) atoms. The van der Waals surface area contributed by atoms with Gasteiger partial charge >= 0.3 is 0 Å². The number of nitro benzene ring substituents is 1. The van der Waals surface area contributed by atoms with E-state index in [1.54, 1.807) is 31.1 Å². The van der Waals surface area contributed by atoms with Crippen LogP contribution in [0.4, 0.5) is 11.4 Å². The summed E-state index contributed by atoms with van der Waals surface area (Å²) in [6.07, 6.45) is 0.728. The summed E-state index contributed by atoms with van der Waals surface area (Å²) in [4.78, 5) is 28.5. The predicted octanol–water partition coefficient (Wildman–Crippen LogP) is 3.12. The molecule has 0 unspecified atom stereocenters. The highest BCUT2D eigenvalue weighted by Crippen LogP contribution is 2.14. The number of nitro groups is 1. The fourth-order valence-corrected chi connectivity index (χ4v) is 2.85. The van der Waals surface area contributed by atoms with Crippen LogP contribution in [0.3, 0.4) is 0 Å². The van der Waals surface area contributed by atoms with Crippen LogP contribution in [-0.4, -0.2) is 62.0 Å². The van der Waals surface area contributed by atoms with Gasteiger partial charge in [0.25, 0.3) is 11.6 Å². The lowest BCUT2D eigenvalue weighted by molar-refractivity contribution is -0.384. The van der Waals surface area contributed by atoms with Crippen molar-refractivity contribution >= 4 is 47.2 Å². The minimum atomic E-state index is -0.416. The van der Waals surface area contributed by atoms with Crippen molar-refractivity contribution in [2.45, 2.75) is 13.3 Å². The molecule has 2 aromatic rings. The first-order chi connectivity index (χ1) is 14.9. The van der Waals surface area contributed by atoms with Crippen LogP contribution in [0.1, 0.15) is 22.8 Å². The van der Waals surface area contributed by atoms with Crippen LogP contribution in [-0.2, 0) is 6.42 Å². The Morgan fingerprint density at radius 2 is 1.81 bits per heavy atom. The predicted molar refractivity (Wildman–Crippen MR) is 139 cm³/mol. The molecular weight excluding hydrogens is 523 g/mol. The highest BCUT2D eigenvalue weighted by atomic mass is 127. The molecule has 0 fully saturated rings. The number of carbonyl (C=O) groups is 1. The first-order valence-corrected chi connectivity index (χ1v) is 10.2. The van der Waals surface area contributed by atoms with Crippen LogP contribution in [0.15, 0.2) is 53.5 Å². The summed E-state index contributed by atoms with van der Waals surface area (Å²) in [5, 5.41) is 20.4. The topological polar surface area (TPSA) is 112 Å². The maximum absolute atomic E-state index is 12.1. The summed E-state index contributed by atoms with van der Waals surface area (Å²) in [6.45, 7) is 4.61. The average Bonchev–Trinajstić information content (AvgIpc) is 2.76. The zero-order valence-electron chi connectivity index (χ0n) is 18.6. The van der Waals surface area contributed by atoms with E-state index in [9.17, 15) is 14.9 Å². The second-order valence-corrected chi connectivity index (χ2v) is 7.07. The molecule has 0 aliphatic carbocycles. The van der Waals surface area contributed by atoms with E-state index in [0.29, 0.717) is 31.2 Å². The number of carbonyl (C=O) groups excluding carboxylic acids is 1. The van der Waals surface area contributed by atoms with E-state index in [2.05, 4.69) is 20.9 Å². The van der Waals surface area contributed by atoms with Gasteiger partial charge in [0.15, 0.2) is 5.96 Å². The summed E-state index contributed by atoms with van der Waals surface area (Å²) in [5.41, 5.74) is 2.63. The van der Waals surface area contributed by atoms with E-state index in [0.717, 1.165) is 24.2 Å². The van der Waals surface area contributed by atoms with E-state index in [4.69, 9.17) is 0 Å². The molecule has 2 aromatic carbocycles. The fraction of sp³-hybridized carbons (Fsp3) is 0.364. The molecule has 0 aliphatic rings. The summed E-state index contributed by atoms with van der Waals surface area (Å²) < 4.78 is 0. The van der Waals surface area contributed by atoms with Crippen LogP contribution >= 0.6 is 24.0 Å². The Bertz CT molecular complexity index is 903. The lowest BCUT2D eigenvalue weighted by atomic mass is 10.1. The number of hydrogen-bond acceptors (Lipinski definition) is 5. The van der Waals surface area contributed by atoms with Gasteiger partial charge in [-0.3, -0.25) is 19.9 Å². The number of guanidine groups is 1. The van der Waals surface area contributed by atoms with Gasteiger partial charge in [0.05, 0.1) is 4.92 Å². The molecule has 9 nitrogen and oxygen atoms in total. The molecule has 2 rings (SSSR count). The molecule has 3 N–H and O–H groups in total. The lowest BCUT2D eigenvalue weighted by Gasteiger charge is -2.13. The minimum absolute atomic E-state index is 0. The van der Waals surface area contributed by atoms with E-state index in [-0.39, 0.29) is 35.6 Å². The van der Waals surface area contributed by atoms with Crippen LogP contribution < -0.4 is 16.0 Å². The smallest absolute Gasteiger partial charge is 0.269 e. The normalized spacial score (nSPS) is 10.7. The number of aliphatic imine (C=N–C) groups is 1. The lowest BCUT2D eigenvalue weighted by Crippen LogP contribution is -2.39. The van der Waals surface area contributed by atoms with Crippen LogP contribution in [0.5, 0.6) is 0 Å². The van der Waals surface area contributed by atoms with Crippen molar-refractivity contribution in [3.63, 3.8) is 0 Å². The van der Waals surface area contributed by atoms with Crippen molar-refractivity contribution in [1.82, 2.24) is 15.5 Å².